The molecule has 1 amide bonds. The van der Waals surface area contributed by atoms with E-state index in [1.807, 2.05) is 11.0 Å². The predicted octanol–water partition coefficient (Wildman–Crippen LogP) is 1.97. The van der Waals surface area contributed by atoms with Gasteiger partial charge >= 0.3 is 0 Å². The lowest BCUT2D eigenvalue weighted by atomic mass is 10.1. The van der Waals surface area contributed by atoms with Gasteiger partial charge in [-0.1, -0.05) is 18.7 Å². The van der Waals surface area contributed by atoms with Gasteiger partial charge in [-0.3, -0.25) is 9.59 Å². The molecule has 2 aromatic rings. The zero-order valence-electron chi connectivity index (χ0n) is 13.3. The molecule has 0 saturated heterocycles. The summed E-state index contributed by atoms with van der Waals surface area (Å²) in [7, 11) is 0. The third-order valence-electron chi connectivity index (χ3n) is 4.05. The monoisotopic (exact) mass is 332 g/mol. The molecule has 122 valence electrons. The minimum atomic E-state index is -0.185. The van der Waals surface area contributed by atoms with Crippen LogP contribution in [0.2, 0.25) is 0 Å². The van der Waals surface area contributed by atoms with E-state index in [0.717, 1.165) is 19.5 Å². The maximum Gasteiger partial charge on any atom is 0.251 e. The lowest BCUT2D eigenvalue weighted by Crippen LogP contribution is -2.42. The fraction of sp³-hybridized carbons (Fsp3) is 0.438. The number of nitrogens with one attached hydrogen (secondary N) is 1. The minimum absolute atomic E-state index is 0.0819. The molecule has 1 aliphatic rings. The molecule has 3 rings (SSSR count). The Morgan fingerprint density at radius 2 is 2.30 bits per heavy atom. The molecule has 0 bridgehead atoms. The van der Waals surface area contributed by atoms with Crippen molar-refractivity contribution in [2.24, 2.45) is 0 Å². The zero-order chi connectivity index (χ0) is 16.4. The Bertz CT molecular complexity index is 767. The number of carbonyl (C=O) groups is 1. The fourth-order valence-corrected chi connectivity index (χ4v) is 3.83. The number of thioether (sulfide) groups is 1. The van der Waals surface area contributed by atoms with Crippen LogP contribution in [0.25, 0.3) is 0 Å². The Balaban J connectivity index is 1.69. The van der Waals surface area contributed by atoms with Crippen molar-refractivity contribution in [3.05, 3.63) is 46.1 Å². The van der Waals surface area contributed by atoms with Gasteiger partial charge in [-0.2, -0.15) is 0 Å². The highest BCUT2D eigenvalue weighted by atomic mass is 32.2. The standard InChI is InChI=1S/C16H20N4O2S/c1-3-12-13-5-4-6-19(13)7-8-20(12)15(22)10-23-16-17-11(2)9-14(21)18-16/h4-6,9,12H,3,7-8,10H2,1-2H3,(H,17,18,21)/t12-/m1/s1. The lowest BCUT2D eigenvalue weighted by molar-refractivity contribution is -0.132. The molecule has 0 aliphatic carbocycles. The first-order valence-electron chi connectivity index (χ1n) is 7.73. The van der Waals surface area contributed by atoms with E-state index < -0.39 is 0 Å². The Kier molecular flexibility index (Phi) is 4.56. The van der Waals surface area contributed by atoms with Gasteiger partial charge in [0.2, 0.25) is 5.91 Å². The zero-order valence-corrected chi connectivity index (χ0v) is 14.1. The summed E-state index contributed by atoms with van der Waals surface area (Å²) >= 11 is 1.28. The molecule has 1 N–H and O–H groups in total. The smallest absolute Gasteiger partial charge is 0.251 e. The summed E-state index contributed by atoms with van der Waals surface area (Å²) in [5, 5.41) is 0.497. The Morgan fingerprint density at radius 3 is 3.04 bits per heavy atom. The van der Waals surface area contributed by atoms with Crippen LogP contribution in [0.5, 0.6) is 0 Å². The van der Waals surface area contributed by atoms with Crippen LogP contribution in [0.3, 0.4) is 0 Å². The van der Waals surface area contributed by atoms with Crippen LogP contribution in [-0.4, -0.2) is 37.6 Å². The van der Waals surface area contributed by atoms with Crippen LogP contribution in [0.4, 0.5) is 0 Å². The number of hydrogen-bond acceptors (Lipinski definition) is 4. The van der Waals surface area contributed by atoms with E-state index >= 15 is 0 Å². The number of nitrogens with zero attached hydrogens (tertiary/aromatic N) is 3. The summed E-state index contributed by atoms with van der Waals surface area (Å²) in [4.78, 5) is 32.9. The quantitative estimate of drug-likeness (QED) is 0.686. The van der Waals surface area contributed by atoms with Gasteiger partial charge in [-0.25, -0.2) is 4.98 Å². The molecule has 0 aromatic carbocycles. The summed E-state index contributed by atoms with van der Waals surface area (Å²) < 4.78 is 2.21. The van der Waals surface area contributed by atoms with Crippen molar-refractivity contribution in [2.45, 2.75) is 38.0 Å². The first-order valence-corrected chi connectivity index (χ1v) is 8.72. The van der Waals surface area contributed by atoms with Gasteiger partial charge in [-0.05, 0) is 25.5 Å². The van der Waals surface area contributed by atoms with Crippen molar-refractivity contribution in [3.63, 3.8) is 0 Å². The average Bonchev–Trinajstić information content (AvgIpc) is 2.99. The molecule has 3 heterocycles. The van der Waals surface area contributed by atoms with Crippen molar-refractivity contribution >= 4 is 17.7 Å². The van der Waals surface area contributed by atoms with Gasteiger partial charge in [0.1, 0.15) is 0 Å². The van der Waals surface area contributed by atoms with Crippen LogP contribution in [0.15, 0.2) is 34.3 Å². The van der Waals surface area contributed by atoms with Crippen molar-refractivity contribution in [2.75, 3.05) is 12.3 Å². The maximum atomic E-state index is 12.6. The minimum Gasteiger partial charge on any atom is -0.348 e. The van der Waals surface area contributed by atoms with E-state index in [4.69, 9.17) is 0 Å². The number of H-pyrrole nitrogens is 1. The number of aryl methyl sites for hydroxylation is 1. The molecule has 7 heteroatoms. The molecule has 1 atom stereocenters. The van der Waals surface area contributed by atoms with Crippen LogP contribution < -0.4 is 5.56 Å². The highest BCUT2D eigenvalue weighted by Gasteiger charge is 2.29. The van der Waals surface area contributed by atoms with E-state index in [9.17, 15) is 9.59 Å². The summed E-state index contributed by atoms with van der Waals surface area (Å²) in [6, 6.07) is 5.68. The van der Waals surface area contributed by atoms with Gasteiger partial charge in [0.15, 0.2) is 5.16 Å². The molecule has 0 unspecified atom stereocenters. The second-order valence-electron chi connectivity index (χ2n) is 5.62. The normalized spacial score (nSPS) is 17.1. The van der Waals surface area contributed by atoms with Gasteiger partial charge in [0.25, 0.3) is 5.56 Å². The third kappa shape index (κ3) is 3.34. The van der Waals surface area contributed by atoms with E-state index in [0.29, 0.717) is 10.9 Å². The summed E-state index contributed by atoms with van der Waals surface area (Å²) in [5.41, 5.74) is 1.67. The fourth-order valence-electron chi connectivity index (χ4n) is 3.03. The van der Waals surface area contributed by atoms with Crippen LogP contribution in [-0.2, 0) is 11.3 Å². The largest absolute Gasteiger partial charge is 0.348 e. The first-order chi connectivity index (χ1) is 11.1. The number of rotatable bonds is 4. The van der Waals surface area contributed by atoms with Gasteiger partial charge in [0, 0.05) is 36.7 Å². The molecule has 0 fully saturated rings. The average molecular weight is 332 g/mol. The molecular weight excluding hydrogens is 312 g/mol. The second-order valence-corrected chi connectivity index (χ2v) is 6.58. The number of fused-ring (bicyclic) bond motifs is 1. The SMILES string of the molecule is CC[C@@H]1c2cccn2CCN1C(=O)CSc1nc(C)cc(=O)[nH]1. The van der Waals surface area contributed by atoms with Crippen molar-refractivity contribution < 1.29 is 4.79 Å². The second kappa shape index (κ2) is 6.62. The molecule has 2 aromatic heterocycles. The molecule has 1 aliphatic heterocycles. The van der Waals surface area contributed by atoms with Gasteiger partial charge in [0.05, 0.1) is 11.8 Å². The predicted molar refractivity (Wildman–Crippen MR) is 89.5 cm³/mol. The van der Waals surface area contributed by atoms with Crippen LogP contribution >= 0.6 is 11.8 Å². The highest BCUT2D eigenvalue weighted by molar-refractivity contribution is 7.99. The molecule has 0 spiro atoms. The lowest BCUT2D eigenvalue weighted by Gasteiger charge is -2.36. The molecule has 23 heavy (non-hydrogen) atoms. The van der Waals surface area contributed by atoms with E-state index in [1.165, 1.54) is 23.5 Å². The number of aromatic nitrogens is 3. The maximum absolute atomic E-state index is 12.6. The van der Waals surface area contributed by atoms with Crippen LogP contribution in [0, 0.1) is 6.92 Å². The number of aromatic amines is 1. The van der Waals surface area contributed by atoms with E-state index in [-0.39, 0.29) is 23.3 Å². The molecule has 0 saturated carbocycles. The molecule has 0 radical (unpaired) electrons. The third-order valence-corrected chi connectivity index (χ3v) is 4.91. The first kappa shape index (κ1) is 15.9. The topological polar surface area (TPSA) is 71.0 Å². The van der Waals surface area contributed by atoms with Gasteiger partial charge < -0.3 is 14.5 Å². The summed E-state index contributed by atoms with van der Waals surface area (Å²) in [6.07, 6.45) is 2.95. The molecule has 6 nitrogen and oxygen atoms in total. The summed E-state index contributed by atoms with van der Waals surface area (Å²) in [5.74, 6) is 0.363. The Labute approximate surface area is 138 Å². The Hall–Kier alpha value is -2.02. The highest BCUT2D eigenvalue weighted by Crippen LogP contribution is 2.29. The van der Waals surface area contributed by atoms with Crippen molar-refractivity contribution in [3.8, 4) is 0 Å². The van der Waals surface area contributed by atoms with Crippen molar-refractivity contribution in [1.29, 1.82) is 0 Å². The number of carbonyl (C=O) groups excluding carboxylic acids is 1. The number of amides is 1. The van der Waals surface area contributed by atoms with Gasteiger partial charge in [-0.15, -0.1) is 0 Å². The van der Waals surface area contributed by atoms with E-state index in [2.05, 4.69) is 33.7 Å². The van der Waals surface area contributed by atoms with E-state index in [1.54, 1.807) is 6.92 Å². The summed E-state index contributed by atoms with van der Waals surface area (Å²) in [6.45, 7) is 5.42. The van der Waals surface area contributed by atoms with Crippen LogP contribution in [0.1, 0.15) is 30.8 Å². The Morgan fingerprint density at radius 1 is 1.48 bits per heavy atom. The molecular formula is C16H20N4O2S. The number of hydrogen-bond donors (Lipinski definition) is 1. The van der Waals surface area contributed by atoms with Crippen molar-refractivity contribution in [1.82, 2.24) is 19.4 Å².